The highest BCUT2D eigenvalue weighted by Gasteiger charge is 2.38. The molecule has 1 N–H and O–H groups in total. The fourth-order valence-corrected chi connectivity index (χ4v) is 3.27. The van der Waals surface area contributed by atoms with Gasteiger partial charge in [0.25, 0.3) is 0 Å². The highest BCUT2D eigenvalue weighted by molar-refractivity contribution is 5.88. The second kappa shape index (κ2) is 4.76. The van der Waals surface area contributed by atoms with Crippen LogP contribution in [0.1, 0.15) is 18.1 Å². The summed E-state index contributed by atoms with van der Waals surface area (Å²) in [4.78, 5) is 10.9. The predicted molar refractivity (Wildman–Crippen MR) is 89.0 cm³/mol. The van der Waals surface area contributed by atoms with E-state index in [2.05, 4.69) is 52.0 Å². The van der Waals surface area contributed by atoms with Crippen LogP contribution < -0.4 is 4.90 Å². The molecule has 23 heavy (non-hydrogen) atoms. The second-order valence-electron chi connectivity index (χ2n) is 6.69. The van der Waals surface area contributed by atoms with Crippen LogP contribution in [0.3, 0.4) is 0 Å². The van der Waals surface area contributed by atoms with Crippen molar-refractivity contribution < 1.29 is 5.11 Å². The van der Waals surface area contributed by atoms with Gasteiger partial charge in [0.1, 0.15) is 12.1 Å². The first-order valence-electron chi connectivity index (χ1n) is 7.68. The standard InChI is InChI=1S/C17H19N5O/c1-11-4-12(2)6-13(5-11)22-16-14(7-20-22)15(18-10-19-16)21-8-17(3,23)9-21/h4-7,10,23H,8-9H2,1-3H3. The molecule has 6 heteroatoms. The van der Waals surface area contributed by atoms with Gasteiger partial charge in [-0.15, -0.1) is 0 Å². The Kier molecular flexibility index (Phi) is 2.93. The van der Waals surface area contributed by atoms with Crippen LogP contribution >= 0.6 is 0 Å². The molecule has 4 rings (SSSR count). The zero-order valence-electron chi connectivity index (χ0n) is 13.5. The lowest BCUT2D eigenvalue weighted by molar-refractivity contribution is 0.0307. The summed E-state index contributed by atoms with van der Waals surface area (Å²) in [7, 11) is 0. The Morgan fingerprint density at radius 2 is 1.78 bits per heavy atom. The zero-order valence-corrected chi connectivity index (χ0v) is 13.5. The Morgan fingerprint density at radius 3 is 2.43 bits per heavy atom. The molecule has 0 radical (unpaired) electrons. The summed E-state index contributed by atoms with van der Waals surface area (Å²) in [6.07, 6.45) is 3.36. The third-order valence-corrected chi connectivity index (χ3v) is 4.16. The van der Waals surface area contributed by atoms with Gasteiger partial charge in [-0.1, -0.05) is 6.07 Å². The molecule has 1 aliphatic rings. The maximum Gasteiger partial charge on any atom is 0.168 e. The minimum Gasteiger partial charge on any atom is -0.386 e. The van der Waals surface area contributed by atoms with E-state index in [1.54, 1.807) is 12.5 Å². The maximum atomic E-state index is 9.96. The van der Waals surface area contributed by atoms with Gasteiger partial charge in [-0.05, 0) is 44.0 Å². The molecule has 0 unspecified atom stereocenters. The first-order chi connectivity index (χ1) is 10.9. The number of aryl methyl sites for hydroxylation is 2. The molecule has 0 saturated carbocycles. The van der Waals surface area contributed by atoms with Gasteiger partial charge in [0.2, 0.25) is 0 Å². The van der Waals surface area contributed by atoms with Crippen LogP contribution in [-0.2, 0) is 0 Å². The van der Waals surface area contributed by atoms with Crippen molar-refractivity contribution in [2.45, 2.75) is 26.4 Å². The zero-order chi connectivity index (χ0) is 16.2. The summed E-state index contributed by atoms with van der Waals surface area (Å²) in [5.74, 6) is 0.831. The Morgan fingerprint density at radius 1 is 1.09 bits per heavy atom. The lowest BCUT2D eigenvalue weighted by Gasteiger charge is -2.44. The first kappa shape index (κ1) is 14.1. The Bertz CT molecular complexity index is 871. The van der Waals surface area contributed by atoms with Crippen molar-refractivity contribution in [2.24, 2.45) is 0 Å². The van der Waals surface area contributed by atoms with Gasteiger partial charge in [-0.2, -0.15) is 5.10 Å². The molecule has 1 fully saturated rings. The van der Waals surface area contributed by atoms with Crippen LogP contribution in [0.4, 0.5) is 5.82 Å². The normalized spacial score (nSPS) is 16.6. The molecule has 1 aromatic carbocycles. The van der Waals surface area contributed by atoms with E-state index in [0.717, 1.165) is 22.5 Å². The molecule has 3 aromatic rings. The highest BCUT2D eigenvalue weighted by Crippen LogP contribution is 2.31. The number of benzene rings is 1. The van der Waals surface area contributed by atoms with Crippen LogP contribution in [0, 0.1) is 13.8 Å². The quantitative estimate of drug-likeness (QED) is 0.784. The van der Waals surface area contributed by atoms with Crippen molar-refractivity contribution in [3.8, 4) is 5.69 Å². The molecule has 0 bridgehead atoms. The van der Waals surface area contributed by atoms with Gasteiger partial charge < -0.3 is 10.0 Å². The number of nitrogens with zero attached hydrogens (tertiary/aromatic N) is 5. The van der Waals surface area contributed by atoms with Gasteiger partial charge in [-0.3, -0.25) is 0 Å². The molecule has 6 nitrogen and oxygen atoms in total. The summed E-state index contributed by atoms with van der Waals surface area (Å²) >= 11 is 0. The monoisotopic (exact) mass is 309 g/mol. The topological polar surface area (TPSA) is 67.1 Å². The number of fused-ring (bicyclic) bond motifs is 1. The Balaban J connectivity index is 1.82. The average molecular weight is 309 g/mol. The fraction of sp³-hybridized carbons (Fsp3) is 0.353. The largest absolute Gasteiger partial charge is 0.386 e. The molecule has 2 aromatic heterocycles. The van der Waals surface area contributed by atoms with Crippen LogP contribution in [0.15, 0.2) is 30.7 Å². The third kappa shape index (κ3) is 2.35. The summed E-state index contributed by atoms with van der Waals surface area (Å²) in [6.45, 7) is 7.14. The van der Waals surface area contributed by atoms with E-state index in [9.17, 15) is 5.11 Å². The fourth-order valence-electron chi connectivity index (χ4n) is 3.27. The van der Waals surface area contributed by atoms with Crippen molar-refractivity contribution in [1.82, 2.24) is 19.7 Å². The van der Waals surface area contributed by atoms with Crippen LogP contribution in [0.25, 0.3) is 16.7 Å². The number of aromatic nitrogens is 4. The van der Waals surface area contributed by atoms with E-state index in [4.69, 9.17) is 0 Å². The summed E-state index contributed by atoms with van der Waals surface area (Å²) < 4.78 is 1.85. The number of β-amino-alcohol motifs (C(OH)–C–C–N with tert-alkyl or cyclic N) is 1. The van der Waals surface area contributed by atoms with E-state index >= 15 is 0 Å². The number of hydrogen-bond donors (Lipinski definition) is 1. The molecule has 0 atom stereocenters. The number of anilines is 1. The van der Waals surface area contributed by atoms with Gasteiger partial charge in [0, 0.05) is 13.1 Å². The van der Waals surface area contributed by atoms with Crippen molar-refractivity contribution in [3.63, 3.8) is 0 Å². The van der Waals surface area contributed by atoms with Crippen molar-refractivity contribution >= 4 is 16.9 Å². The molecule has 118 valence electrons. The van der Waals surface area contributed by atoms with E-state index in [0.29, 0.717) is 13.1 Å². The van der Waals surface area contributed by atoms with E-state index in [1.807, 2.05) is 11.6 Å². The number of hydrogen-bond acceptors (Lipinski definition) is 5. The Labute approximate surface area is 134 Å². The number of rotatable bonds is 2. The molecule has 3 heterocycles. The molecule has 1 aliphatic heterocycles. The van der Waals surface area contributed by atoms with Crippen LogP contribution in [0.2, 0.25) is 0 Å². The van der Waals surface area contributed by atoms with Crippen LogP contribution in [0.5, 0.6) is 0 Å². The predicted octanol–water partition coefficient (Wildman–Crippen LogP) is 2.00. The lowest BCUT2D eigenvalue weighted by atomic mass is 9.97. The van der Waals surface area contributed by atoms with Crippen LogP contribution in [-0.4, -0.2) is 43.5 Å². The molecule has 0 amide bonds. The molecular weight excluding hydrogens is 290 g/mol. The molecule has 0 aliphatic carbocycles. The van der Waals surface area contributed by atoms with Crippen molar-refractivity contribution in [2.75, 3.05) is 18.0 Å². The van der Waals surface area contributed by atoms with E-state index < -0.39 is 5.60 Å². The second-order valence-corrected chi connectivity index (χ2v) is 6.69. The summed E-state index contributed by atoms with van der Waals surface area (Å²) in [5.41, 5.74) is 3.53. The van der Waals surface area contributed by atoms with Crippen molar-refractivity contribution in [1.29, 1.82) is 0 Å². The first-order valence-corrected chi connectivity index (χ1v) is 7.68. The van der Waals surface area contributed by atoms with Gasteiger partial charge >= 0.3 is 0 Å². The molecular formula is C17H19N5O. The maximum absolute atomic E-state index is 9.96. The molecule has 1 saturated heterocycles. The third-order valence-electron chi connectivity index (χ3n) is 4.16. The van der Waals surface area contributed by atoms with E-state index in [-0.39, 0.29) is 0 Å². The van der Waals surface area contributed by atoms with Crippen molar-refractivity contribution in [3.05, 3.63) is 41.9 Å². The van der Waals surface area contributed by atoms with Gasteiger partial charge in [0.15, 0.2) is 5.65 Å². The average Bonchev–Trinajstić information content (AvgIpc) is 2.87. The minimum atomic E-state index is -0.638. The minimum absolute atomic E-state index is 0.577. The SMILES string of the molecule is Cc1cc(C)cc(-n2ncc3c(N4CC(C)(O)C4)ncnc32)c1. The summed E-state index contributed by atoms with van der Waals surface area (Å²) in [5, 5.41) is 15.4. The van der Waals surface area contributed by atoms with E-state index in [1.165, 1.54) is 11.1 Å². The van der Waals surface area contributed by atoms with Gasteiger partial charge in [-0.25, -0.2) is 14.6 Å². The number of aliphatic hydroxyl groups is 1. The highest BCUT2D eigenvalue weighted by atomic mass is 16.3. The lowest BCUT2D eigenvalue weighted by Crippen LogP contribution is -2.60. The summed E-state index contributed by atoms with van der Waals surface area (Å²) in [6, 6.07) is 6.32. The Hall–Kier alpha value is -2.47. The molecule has 0 spiro atoms. The van der Waals surface area contributed by atoms with Gasteiger partial charge in [0.05, 0.1) is 22.9 Å². The smallest absolute Gasteiger partial charge is 0.168 e.